The van der Waals surface area contributed by atoms with Gasteiger partial charge in [-0.3, -0.25) is 14.2 Å². The predicted molar refractivity (Wildman–Crippen MR) is 163 cm³/mol. The number of aromatic nitrogens is 4. The first-order valence-electron chi connectivity index (χ1n) is 14.3. The number of carbonyl (C=O) groups is 2. The Labute approximate surface area is 253 Å². The van der Waals surface area contributed by atoms with Gasteiger partial charge in [-0.2, -0.15) is 0 Å². The Morgan fingerprint density at radius 1 is 0.795 bits per heavy atom. The van der Waals surface area contributed by atoms with Gasteiger partial charge in [0.15, 0.2) is 29.0 Å². The van der Waals surface area contributed by atoms with Crippen LogP contribution in [0, 0.1) is 0 Å². The van der Waals surface area contributed by atoms with Crippen LogP contribution in [0.4, 0.5) is 5.82 Å². The Kier molecular flexibility index (Phi) is 7.09. The minimum atomic E-state index is -0.826. The fourth-order valence-corrected chi connectivity index (χ4v) is 5.65. The number of amides is 2. The summed E-state index contributed by atoms with van der Waals surface area (Å²) in [4.78, 5) is 42.3. The SMILES string of the molecule is CC1(C)OC2C(/C=C/c3ccccc3)O[C@@H](n3cnc4c(N(C(=O)c5ccccc5)C(=O)c5ccccc5)ncnc43)C2O1. The molecule has 5 aromatic rings. The minimum absolute atomic E-state index is 0.0652. The predicted octanol–water partition coefficient (Wildman–Crippen LogP) is 5.44. The first kappa shape index (κ1) is 27.8. The van der Waals surface area contributed by atoms with Crippen molar-refractivity contribution < 1.29 is 23.8 Å². The van der Waals surface area contributed by atoms with Crippen LogP contribution in [0.2, 0.25) is 0 Å². The van der Waals surface area contributed by atoms with Crippen LogP contribution in [0.15, 0.2) is 110 Å². The van der Waals surface area contributed by atoms with Crippen LogP contribution < -0.4 is 4.90 Å². The number of benzene rings is 3. The van der Waals surface area contributed by atoms with Crippen LogP contribution in [0.5, 0.6) is 0 Å². The number of carbonyl (C=O) groups excluding carboxylic acids is 2. The van der Waals surface area contributed by atoms with Gasteiger partial charge in [0.2, 0.25) is 0 Å². The molecule has 2 aliphatic heterocycles. The summed E-state index contributed by atoms with van der Waals surface area (Å²) in [5.74, 6) is -1.83. The zero-order valence-electron chi connectivity index (χ0n) is 24.1. The van der Waals surface area contributed by atoms with Gasteiger partial charge in [-0.05, 0) is 43.7 Å². The summed E-state index contributed by atoms with van der Waals surface area (Å²) in [6.07, 6.45) is 4.92. The molecule has 2 fully saturated rings. The number of hydrogen-bond donors (Lipinski definition) is 0. The van der Waals surface area contributed by atoms with Crippen molar-refractivity contribution in [1.29, 1.82) is 0 Å². The van der Waals surface area contributed by atoms with Gasteiger partial charge in [0, 0.05) is 11.1 Å². The van der Waals surface area contributed by atoms with E-state index in [1.54, 1.807) is 71.6 Å². The Hall–Kier alpha value is -5.03. The van der Waals surface area contributed by atoms with E-state index in [0.717, 1.165) is 10.5 Å². The molecule has 3 aromatic carbocycles. The lowest BCUT2D eigenvalue weighted by Crippen LogP contribution is -2.38. The van der Waals surface area contributed by atoms with Gasteiger partial charge >= 0.3 is 0 Å². The second kappa shape index (κ2) is 11.2. The van der Waals surface area contributed by atoms with Gasteiger partial charge in [0.05, 0.1) is 6.33 Å². The smallest absolute Gasteiger partial charge is 0.266 e. The standard InChI is InChI=1S/C34H29N5O5/c1-34(2)43-27-25(19-18-22-12-6-3-7-13-22)42-33(28(27)44-34)38-21-37-26-29(38)35-20-36-30(26)39(31(40)23-14-8-4-9-15-23)32(41)24-16-10-5-11-17-24/h3-21,25,27-28,33H,1-2H3/b19-18+/t25?,27?,28?,33-/m1/s1. The van der Waals surface area contributed by atoms with E-state index in [1.165, 1.54) is 6.33 Å². The third-order valence-electron chi connectivity index (χ3n) is 7.62. The molecule has 10 nitrogen and oxygen atoms in total. The number of rotatable bonds is 6. The Balaban J connectivity index is 1.28. The second-order valence-corrected chi connectivity index (χ2v) is 11.0. The molecule has 0 bridgehead atoms. The number of imidazole rings is 1. The van der Waals surface area contributed by atoms with Crippen molar-refractivity contribution in [2.75, 3.05) is 4.90 Å². The monoisotopic (exact) mass is 587 g/mol. The number of hydrogen-bond acceptors (Lipinski definition) is 8. The number of anilines is 1. The summed E-state index contributed by atoms with van der Waals surface area (Å²) >= 11 is 0. The summed E-state index contributed by atoms with van der Waals surface area (Å²) in [6, 6.07) is 27.1. The zero-order chi connectivity index (χ0) is 30.3. The van der Waals surface area contributed by atoms with Gasteiger partial charge in [0.25, 0.3) is 11.8 Å². The van der Waals surface area contributed by atoms with Gasteiger partial charge in [-0.1, -0.05) is 78.9 Å². The lowest BCUT2D eigenvalue weighted by molar-refractivity contribution is -0.191. The third kappa shape index (κ3) is 5.09. The molecule has 0 spiro atoms. The number of nitrogens with zero attached hydrogens (tertiary/aromatic N) is 5. The first-order chi connectivity index (χ1) is 21.4. The summed E-state index contributed by atoms with van der Waals surface area (Å²) in [6.45, 7) is 3.74. The highest BCUT2D eigenvalue weighted by Crippen LogP contribution is 2.44. The van der Waals surface area contributed by atoms with E-state index in [0.29, 0.717) is 16.8 Å². The van der Waals surface area contributed by atoms with Crippen LogP contribution in [0.1, 0.15) is 46.4 Å². The first-order valence-corrected chi connectivity index (χ1v) is 14.3. The highest BCUT2D eigenvalue weighted by molar-refractivity contribution is 6.27. The summed E-state index contributed by atoms with van der Waals surface area (Å²) in [7, 11) is 0. The van der Waals surface area contributed by atoms with Crippen LogP contribution in [0.3, 0.4) is 0 Å². The Morgan fingerprint density at radius 3 is 2.02 bits per heavy atom. The zero-order valence-corrected chi connectivity index (χ0v) is 24.1. The maximum Gasteiger partial charge on any atom is 0.266 e. The molecule has 4 atom stereocenters. The van der Waals surface area contributed by atoms with Crippen LogP contribution in [-0.2, 0) is 14.2 Å². The molecule has 0 N–H and O–H groups in total. The van der Waals surface area contributed by atoms with Crippen molar-refractivity contribution >= 4 is 34.9 Å². The van der Waals surface area contributed by atoms with E-state index >= 15 is 0 Å². The van der Waals surface area contributed by atoms with Crippen LogP contribution in [0.25, 0.3) is 17.2 Å². The van der Waals surface area contributed by atoms with Crippen molar-refractivity contribution in [1.82, 2.24) is 19.5 Å². The van der Waals surface area contributed by atoms with Crippen molar-refractivity contribution in [3.8, 4) is 0 Å². The molecule has 0 aliphatic carbocycles. The van der Waals surface area contributed by atoms with Gasteiger partial charge in [0.1, 0.15) is 24.6 Å². The molecule has 44 heavy (non-hydrogen) atoms. The maximum absolute atomic E-state index is 13.9. The summed E-state index contributed by atoms with van der Waals surface area (Å²) < 4.78 is 20.8. The fraction of sp³-hybridized carbons (Fsp3) is 0.206. The van der Waals surface area contributed by atoms with Gasteiger partial charge < -0.3 is 14.2 Å². The molecule has 4 heterocycles. The van der Waals surface area contributed by atoms with Crippen molar-refractivity contribution in [3.63, 3.8) is 0 Å². The Morgan fingerprint density at radius 2 is 1.39 bits per heavy atom. The molecule has 2 aromatic heterocycles. The molecule has 220 valence electrons. The summed E-state index contributed by atoms with van der Waals surface area (Å²) in [5.41, 5.74) is 2.34. The molecule has 2 amide bonds. The molecular weight excluding hydrogens is 558 g/mol. The lowest BCUT2D eigenvalue weighted by atomic mass is 10.1. The largest absolute Gasteiger partial charge is 0.345 e. The van der Waals surface area contributed by atoms with E-state index in [9.17, 15) is 9.59 Å². The third-order valence-corrected chi connectivity index (χ3v) is 7.62. The quantitative estimate of drug-likeness (QED) is 0.242. The fourth-order valence-electron chi connectivity index (χ4n) is 5.65. The van der Waals surface area contributed by atoms with E-state index in [2.05, 4.69) is 15.0 Å². The highest BCUT2D eigenvalue weighted by Gasteiger charge is 2.55. The van der Waals surface area contributed by atoms with Gasteiger partial charge in [-0.25, -0.2) is 19.9 Å². The van der Waals surface area contributed by atoms with Crippen LogP contribution in [-0.4, -0.2) is 55.4 Å². The maximum atomic E-state index is 13.9. The molecule has 0 saturated carbocycles. The second-order valence-electron chi connectivity index (χ2n) is 11.0. The molecular formula is C34H29N5O5. The molecule has 2 saturated heterocycles. The normalized spacial score (nSPS) is 22.3. The van der Waals surface area contributed by atoms with Crippen molar-refractivity contribution in [2.24, 2.45) is 0 Å². The van der Waals surface area contributed by atoms with E-state index in [4.69, 9.17) is 14.2 Å². The minimum Gasteiger partial charge on any atom is -0.345 e. The number of imide groups is 1. The highest BCUT2D eigenvalue weighted by atomic mass is 16.8. The average molecular weight is 588 g/mol. The van der Waals surface area contributed by atoms with Gasteiger partial charge in [-0.15, -0.1) is 0 Å². The molecule has 7 rings (SSSR count). The average Bonchev–Trinajstić information content (AvgIpc) is 3.72. The van der Waals surface area contributed by atoms with E-state index in [1.807, 2.05) is 56.3 Å². The van der Waals surface area contributed by atoms with Crippen molar-refractivity contribution in [3.05, 3.63) is 126 Å². The Bertz CT molecular complexity index is 1790. The summed E-state index contributed by atoms with van der Waals surface area (Å²) in [5, 5.41) is 0. The lowest BCUT2D eigenvalue weighted by Gasteiger charge is -2.24. The number of fused-ring (bicyclic) bond motifs is 2. The molecule has 0 radical (unpaired) electrons. The molecule has 10 heteroatoms. The van der Waals surface area contributed by atoms with E-state index < -0.39 is 36.0 Å². The molecule has 3 unspecified atom stereocenters. The van der Waals surface area contributed by atoms with Crippen LogP contribution >= 0.6 is 0 Å². The van der Waals surface area contributed by atoms with Crippen molar-refractivity contribution in [2.45, 2.75) is 44.2 Å². The van der Waals surface area contributed by atoms with E-state index in [-0.39, 0.29) is 17.4 Å². The molecule has 2 aliphatic rings. The number of ether oxygens (including phenoxy) is 3. The topological polar surface area (TPSA) is 109 Å².